The molecule has 0 atom stereocenters. The highest BCUT2D eigenvalue weighted by molar-refractivity contribution is 5.76. The Balaban J connectivity index is 3.81. The fraction of sp³-hybridized carbons (Fsp3) is 0.829. The summed E-state index contributed by atoms with van der Waals surface area (Å²) in [6, 6.07) is 0. The molecule has 0 heterocycles. The third-order valence-corrected chi connectivity index (χ3v) is 8.91. The van der Waals surface area contributed by atoms with Crippen LogP contribution in [0.3, 0.4) is 0 Å². The van der Waals surface area contributed by atoms with Gasteiger partial charge in [0, 0.05) is 12.8 Å². The van der Waals surface area contributed by atoms with Crippen molar-refractivity contribution in [3.8, 4) is 0 Å². The van der Waals surface area contributed by atoms with Gasteiger partial charge in [0.15, 0.2) is 0 Å². The van der Waals surface area contributed by atoms with Gasteiger partial charge in [-0.25, -0.2) is 0 Å². The van der Waals surface area contributed by atoms with Crippen LogP contribution in [0.4, 0.5) is 0 Å². The van der Waals surface area contributed by atoms with Gasteiger partial charge in [0.1, 0.15) is 18.6 Å². The average Bonchev–Trinajstić information content (AvgIpc) is 3.06. The van der Waals surface area contributed by atoms with Crippen LogP contribution in [0.15, 0.2) is 24.3 Å². The minimum Gasteiger partial charge on any atom is -0.481 e. The molecule has 6 nitrogen and oxygen atoms in total. The molecule has 0 bridgehead atoms. The molecule has 0 aromatic heterocycles. The summed E-state index contributed by atoms with van der Waals surface area (Å²) in [7, 11) is 0. The Morgan fingerprint density at radius 1 is 0.468 bits per heavy atom. The zero-order valence-corrected chi connectivity index (χ0v) is 31.0. The molecule has 0 spiro atoms. The number of carbonyl (C=O) groups excluding carboxylic acids is 2. The number of esters is 2. The zero-order chi connectivity index (χ0) is 34.7. The van der Waals surface area contributed by atoms with E-state index in [0.717, 1.165) is 64.2 Å². The Morgan fingerprint density at radius 2 is 0.745 bits per heavy atom. The van der Waals surface area contributed by atoms with Crippen molar-refractivity contribution in [2.24, 2.45) is 5.41 Å². The number of unbranched alkanes of at least 4 members (excludes halogenated alkanes) is 22. The number of hydrogen-bond acceptors (Lipinski definition) is 5. The van der Waals surface area contributed by atoms with Crippen LogP contribution in [-0.4, -0.2) is 36.2 Å². The highest BCUT2D eigenvalue weighted by Crippen LogP contribution is 2.20. The van der Waals surface area contributed by atoms with Gasteiger partial charge in [-0.2, -0.15) is 0 Å². The number of rotatable bonds is 35. The Labute approximate surface area is 289 Å². The van der Waals surface area contributed by atoms with Crippen LogP contribution in [0, 0.1) is 5.41 Å². The van der Waals surface area contributed by atoms with E-state index in [0.29, 0.717) is 0 Å². The first kappa shape index (κ1) is 44.9. The van der Waals surface area contributed by atoms with Gasteiger partial charge in [0.25, 0.3) is 0 Å². The van der Waals surface area contributed by atoms with Crippen molar-refractivity contribution in [1.82, 2.24) is 0 Å². The van der Waals surface area contributed by atoms with Gasteiger partial charge >= 0.3 is 17.9 Å². The van der Waals surface area contributed by atoms with E-state index in [1.54, 1.807) is 0 Å². The number of allylic oxidation sites excluding steroid dienone is 4. The van der Waals surface area contributed by atoms with Crippen molar-refractivity contribution < 1.29 is 29.0 Å². The normalized spacial score (nSPS) is 12.9. The molecule has 0 aliphatic rings. The maximum atomic E-state index is 12.2. The van der Waals surface area contributed by atoms with Gasteiger partial charge in [-0.05, 0) is 71.1 Å². The first-order valence-electron chi connectivity index (χ1n) is 19.7. The van der Waals surface area contributed by atoms with Crippen molar-refractivity contribution in [3.63, 3.8) is 0 Å². The molecule has 6 heteroatoms. The fourth-order valence-electron chi connectivity index (χ4n) is 5.47. The predicted molar refractivity (Wildman–Crippen MR) is 197 cm³/mol. The standard InChI is InChI=1S/C41H74O6/c1-4-6-8-10-12-14-16-18-20-22-24-26-28-30-32-34-38(42)46-36-41(3,40(44)45)37-47-39(43)35-33-31-29-27-25-23-21-19-17-15-13-11-9-7-5-2/h18-21H,4-17,22-37H2,1-3H3,(H,44,45). The van der Waals surface area contributed by atoms with Crippen LogP contribution < -0.4 is 0 Å². The summed E-state index contributed by atoms with van der Waals surface area (Å²) >= 11 is 0. The van der Waals surface area contributed by atoms with Crippen LogP contribution in [0.5, 0.6) is 0 Å². The largest absolute Gasteiger partial charge is 0.481 e. The molecule has 0 amide bonds. The van der Waals surface area contributed by atoms with E-state index < -0.39 is 23.3 Å². The molecular formula is C41H74O6. The Kier molecular flexibility index (Phi) is 32.3. The summed E-state index contributed by atoms with van der Waals surface area (Å²) in [4.78, 5) is 36.3. The zero-order valence-electron chi connectivity index (χ0n) is 31.0. The molecule has 0 aromatic rings. The topological polar surface area (TPSA) is 89.9 Å². The summed E-state index contributed by atoms with van der Waals surface area (Å²) in [6.07, 6.45) is 40.7. The number of hydrogen-bond donors (Lipinski definition) is 1. The SMILES string of the molecule is CCCCCCCCC=CCCCCCCCC(=O)OCC(C)(COC(=O)CCCCCCCC=CCCCCCCCC)C(=O)O. The lowest BCUT2D eigenvalue weighted by atomic mass is 9.93. The van der Waals surface area contributed by atoms with Crippen molar-refractivity contribution >= 4 is 17.9 Å². The van der Waals surface area contributed by atoms with Crippen molar-refractivity contribution in [3.05, 3.63) is 24.3 Å². The molecule has 0 aliphatic carbocycles. The molecule has 0 radical (unpaired) electrons. The lowest BCUT2D eigenvalue weighted by Gasteiger charge is -2.24. The minimum absolute atomic E-state index is 0.281. The number of carboxylic acids is 1. The van der Waals surface area contributed by atoms with E-state index >= 15 is 0 Å². The molecule has 0 rings (SSSR count). The summed E-state index contributed by atoms with van der Waals surface area (Å²) in [6.45, 7) is 5.36. The van der Waals surface area contributed by atoms with Crippen LogP contribution in [0.2, 0.25) is 0 Å². The second-order valence-electron chi connectivity index (χ2n) is 13.9. The molecule has 1 N–H and O–H groups in total. The summed E-state index contributed by atoms with van der Waals surface area (Å²) < 4.78 is 10.6. The second kappa shape index (κ2) is 33.8. The highest BCUT2D eigenvalue weighted by Gasteiger charge is 2.36. The molecular weight excluding hydrogens is 588 g/mol. The van der Waals surface area contributed by atoms with Crippen molar-refractivity contribution in [2.75, 3.05) is 13.2 Å². The minimum atomic E-state index is -1.45. The fourth-order valence-corrected chi connectivity index (χ4v) is 5.47. The van der Waals surface area contributed by atoms with Crippen molar-refractivity contribution in [1.29, 1.82) is 0 Å². The molecule has 0 aromatic carbocycles. The molecule has 0 fully saturated rings. The molecule has 274 valence electrons. The lowest BCUT2D eigenvalue weighted by Crippen LogP contribution is -2.39. The first-order chi connectivity index (χ1) is 22.9. The molecule has 47 heavy (non-hydrogen) atoms. The van der Waals surface area contributed by atoms with Crippen LogP contribution >= 0.6 is 0 Å². The predicted octanol–water partition coefficient (Wildman–Crippen LogP) is 12.2. The van der Waals surface area contributed by atoms with Crippen LogP contribution in [0.1, 0.15) is 201 Å². The molecule has 0 saturated heterocycles. The van der Waals surface area contributed by atoms with E-state index in [1.807, 2.05) is 0 Å². The Morgan fingerprint density at radius 3 is 1.04 bits per heavy atom. The van der Waals surface area contributed by atoms with E-state index in [2.05, 4.69) is 38.2 Å². The maximum Gasteiger partial charge on any atom is 0.316 e. The Bertz CT molecular complexity index is 746. The molecule has 0 unspecified atom stereocenters. The molecule has 0 saturated carbocycles. The smallest absolute Gasteiger partial charge is 0.316 e. The van der Waals surface area contributed by atoms with Gasteiger partial charge in [-0.15, -0.1) is 0 Å². The third kappa shape index (κ3) is 30.9. The Hall–Kier alpha value is -2.11. The number of ether oxygens (including phenoxy) is 2. The number of aliphatic carboxylic acids is 1. The van der Waals surface area contributed by atoms with Gasteiger partial charge in [-0.1, -0.05) is 141 Å². The highest BCUT2D eigenvalue weighted by atomic mass is 16.6. The lowest BCUT2D eigenvalue weighted by molar-refractivity contribution is -0.165. The van der Waals surface area contributed by atoms with Crippen LogP contribution in [-0.2, 0) is 23.9 Å². The van der Waals surface area contributed by atoms with E-state index in [4.69, 9.17) is 9.47 Å². The van der Waals surface area contributed by atoms with Gasteiger partial charge in [-0.3, -0.25) is 14.4 Å². The monoisotopic (exact) mass is 663 g/mol. The van der Waals surface area contributed by atoms with Gasteiger partial charge in [0.2, 0.25) is 0 Å². The van der Waals surface area contributed by atoms with Crippen molar-refractivity contribution in [2.45, 2.75) is 201 Å². The first-order valence-corrected chi connectivity index (χ1v) is 19.7. The summed E-state index contributed by atoms with van der Waals surface area (Å²) in [5.41, 5.74) is -1.45. The number of carbonyl (C=O) groups is 3. The molecule has 0 aliphatic heterocycles. The maximum absolute atomic E-state index is 12.2. The summed E-state index contributed by atoms with van der Waals surface area (Å²) in [5, 5.41) is 9.70. The van der Waals surface area contributed by atoms with E-state index in [9.17, 15) is 19.5 Å². The van der Waals surface area contributed by atoms with Gasteiger partial charge < -0.3 is 14.6 Å². The summed E-state index contributed by atoms with van der Waals surface area (Å²) in [5.74, 6) is -1.93. The van der Waals surface area contributed by atoms with Gasteiger partial charge in [0.05, 0.1) is 0 Å². The third-order valence-electron chi connectivity index (χ3n) is 8.91. The number of carboxylic acid groups (broad SMARTS) is 1. The van der Waals surface area contributed by atoms with E-state index in [1.165, 1.54) is 110 Å². The average molecular weight is 663 g/mol. The second-order valence-corrected chi connectivity index (χ2v) is 13.9. The van der Waals surface area contributed by atoms with E-state index in [-0.39, 0.29) is 26.1 Å². The quantitative estimate of drug-likeness (QED) is 0.0412. The van der Waals surface area contributed by atoms with Crippen LogP contribution in [0.25, 0.3) is 0 Å².